The third-order valence-electron chi connectivity index (χ3n) is 5.32. The molecule has 28 heavy (non-hydrogen) atoms. The number of hydrogen-bond acceptors (Lipinski definition) is 4. The Labute approximate surface area is 162 Å². The van der Waals surface area contributed by atoms with Gasteiger partial charge in [-0.25, -0.2) is 14.4 Å². The van der Waals surface area contributed by atoms with Crippen molar-refractivity contribution in [3.8, 4) is 11.4 Å². The topological polar surface area (TPSA) is 70.8 Å². The van der Waals surface area contributed by atoms with Crippen LogP contribution in [0.3, 0.4) is 0 Å². The molecule has 1 aliphatic rings. The lowest BCUT2D eigenvalue weighted by atomic mass is 10.0. The number of H-pyrrole nitrogens is 1. The quantitative estimate of drug-likeness (QED) is 0.534. The second-order valence-electron chi connectivity index (χ2n) is 7.25. The molecule has 1 aliphatic heterocycles. The summed E-state index contributed by atoms with van der Waals surface area (Å²) in [6.07, 6.45) is 4.82. The average molecular weight is 373 g/mol. The van der Waals surface area contributed by atoms with Crippen LogP contribution in [0.5, 0.6) is 0 Å². The molecule has 2 aromatic carbocycles. The highest BCUT2D eigenvalue weighted by atomic mass is 19.1. The summed E-state index contributed by atoms with van der Waals surface area (Å²) in [4.78, 5) is 14.9. The molecular weight excluding hydrogens is 353 g/mol. The summed E-state index contributed by atoms with van der Waals surface area (Å²) in [5.41, 5.74) is 11.8. The highest BCUT2D eigenvalue weighted by Gasteiger charge is 2.20. The van der Waals surface area contributed by atoms with Crippen molar-refractivity contribution in [3.63, 3.8) is 0 Å². The molecule has 2 aromatic heterocycles. The minimum Gasteiger partial charge on any atom is -0.399 e. The standard InChI is InChI=1S/C22H20FN5/c23-17-3-6-20-19(9-17)16(11-25-20)12-28-8-7-15-10-26-22(27-21(15)13-28)14-1-4-18(24)5-2-14/h1-6,9-11,25H,7-8,12-13,24H2. The molecule has 0 fully saturated rings. The van der Waals surface area contributed by atoms with E-state index in [4.69, 9.17) is 10.7 Å². The first-order valence-corrected chi connectivity index (χ1v) is 9.34. The Morgan fingerprint density at radius 3 is 2.86 bits per heavy atom. The van der Waals surface area contributed by atoms with E-state index in [0.717, 1.165) is 65.3 Å². The molecule has 0 saturated carbocycles. The number of aromatic nitrogens is 3. The van der Waals surface area contributed by atoms with Crippen LogP contribution in [0.1, 0.15) is 16.8 Å². The van der Waals surface area contributed by atoms with Crippen molar-refractivity contribution in [2.24, 2.45) is 0 Å². The normalized spacial score (nSPS) is 14.3. The number of benzene rings is 2. The maximum atomic E-state index is 13.6. The molecule has 3 heterocycles. The molecule has 0 radical (unpaired) electrons. The zero-order valence-corrected chi connectivity index (χ0v) is 15.3. The van der Waals surface area contributed by atoms with Gasteiger partial charge in [-0.3, -0.25) is 4.90 Å². The molecule has 0 unspecified atom stereocenters. The van der Waals surface area contributed by atoms with Gasteiger partial charge in [-0.1, -0.05) is 0 Å². The van der Waals surface area contributed by atoms with Gasteiger partial charge in [0.05, 0.1) is 5.69 Å². The Kier molecular flexibility index (Phi) is 4.06. The van der Waals surface area contributed by atoms with E-state index >= 15 is 0 Å². The van der Waals surface area contributed by atoms with Gasteiger partial charge in [0, 0.05) is 54.2 Å². The van der Waals surface area contributed by atoms with Crippen molar-refractivity contribution in [3.05, 3.63) is 77.5 Å². The Morgan fingerprint density at radius 2 is 2.00 bits per heavy atom. The minimum absolute atomic E-state index is 0.210. The molecule has 6 heteroatoms. The lowest BCUT2D eigenvalue weighted by molar-refractivity contribution is 0.242. The highest BCUT2D eigenvalue weighted by molar-refractivity contribution is 5.83. The number of nitrogen functional groups attached to an aromatic ring is 1. The van der Waals surface area contributed by atoms with Gasteiger partial charge in [0.1, 0.15) is 5.82 Å². The van der Waals surface area contributed by atoms with Crippen molar-refractivity contribution in [2.75, 3.05) is 12.3 Å². The Bertz CT molecular complexity index is 1150. The van der Waals surface area contributed by atoms with Crippen molar-refractivity contribution >= 4 is 16.6 Å². The van der Waals surface area contributed by atoms with Gasteiger partial charge < -0.3 is 10.7 Å². The Hall–Kier alpha value is -3.25. The van der Waals surface area contributed by atoms with E-state index in [1.807, 2.05) is 36.7 Å². The van der Waals surface area contributed by atoms with E-state index in [9.17, 15) is 4.39 Å². The smallest absolute Gasteiger partial charge is 0.159 e. The Morgan fingerprint density at radius 1 is 1.14 bits per heavy atom. The van der Waals surface area contributed by atoms with Crippen LogP contribution in [0.25, 0.3) is 22.3 Å². The molecule has 0 spiro atoms. The maximum absolute atomic E-state index is 13.6. The van der Waals surface area contributed by atoms with Gasteiger partial charge in [-0.2, -0.15) is 0 Å². The van der Waals surface area contributed by atoms with E-state index in [-0.39, 0.29) is 5.82 Å². The molecule has 3 N–H and O–H groups in total. The van der Waals surface area contributed by atoms with Crippen LogP contribution in [0.15, 0.2) is 54.9 Å². The minimum atomic E-state index is -0.210. The molecule has 0 bridgehead atoms. The first kappa shape index (κ1) is 16.9. The summed E-state index contributed by atoms with van der Waals surface area (Å²) in [5.74, 6) is 0.507. The molecule has 0 saturated heterocycles. The number of aromatic amines is 1. The van der Waals surface area contributed by atoms with Crippen molar-refractivity contribution in [2.45, 2.75) is 19.5 Å². The third kappa shape index (κ3) is 3.12. The number of rotatable bonds is 3. The van der Waals surface area contributed by atoms with E-state index < -0.39 is 0 Å². The lowest BCUT2D eigenvalue weighted by Crippen LogP contribution is -2.31. The molecule has 0 amide bonds. The van der Waals surface area contributed by atoms with Crippen LogP contribution in [0, 0.1) is 5.82 Å². The van der Waals surface area contributed by atoms with Crippen molar-refractivity contribution in [1.29, 1.82) is 0 Å². The number of nitrogens with one attached hydrogen (secondary N) is 1. The average Bonchev–Trinajstić information content (AvgIpc) is 3.10. The second-order valence-corrected chi connectivity index (χ2v) is 7.25. The lowest BCUT2D eigenvalue weighted by Gasteiger charge is -2.27. The monoisotopic (exact) mass is 373 g/mol. The van der Waals surface area contributed by atoms with Gasteiger partial charge in [-0.15, -0.1) is 0 Å². The maximum Gasteiger partial charge on any atom is 0.159 e. The van der Waals surface area contributed by atoms with Crippen LogP contribution in [-0.2, 0) is 19.5 Å². The first-order valence-electron chi connectivity index (χ1n) is 9.34. The van der Waals surface area contributed by atoms with Gasteiger partial charge >= 0.3 is 0 Å². The summed E-state index contributed by atoms with van der Waals surface area (Å²) in [6, 6.07) is 12.5. The first-order chi connectivity index (χ1) is 13.7. The summed E-state index contributed by atoms with van der Waals surface area (Å²) < 4.78 is 13.6. The van der Waals surface area contributed by atoms with Crippen LogP contribution in [0.2, 0.25) is 0 Å². The summed E-state index contributed by atoms with van der Waals surface area (Å²) >= 11 is 0. The molecule has 140 valence electrons. The van der Waals surface area contributed by atoms with E-state index in [2.05, 4.69) is 14.9 Å². The predicted molar refractivity (Wildman–Crippen MR) is 108 cm³/mol. The largest absolute Gasteiger partial charge is 0.399 e. The molecule has 5 nitrogen and oxygen atoms in total. The fourth-order valence-corrected chi connectivity index (χ4v) is 3.79. The van der Waals surface area contributed by atoms with Gasteiger partial charge in [0.25, 0.3) is 0 Å². The van der Waals surface area contributed by atoms with E-state index in [1.165, 1.54) is 11.6 Å². The fraction of sp³-hybridized carbons (Fsp3) is 0.182. The van der Waals surface area contributed by atoms with Gasteiger partial charge in [0.2, 0.25) is 0 Å². The number of anilines is 1. The SMILES string of the molecule is Nc1ccc(-c2ncc3c(n2)CN(Cc2c[nH]c4ccc(F)cc24)CC3)cc1. The van der Waals surface area contributed by atoms with Crippen LogP contribution < -0.4 is 5.73 Å². The molecular formula is C22H20FN5. The third-order valence-corrected chi connectivity index (χ3v) is 5.32. The van der Waals surface area contributed by atoms with E-state index in [1.54, 1.807) is 12.1 Å². The number of hydrogen-bond donors (Lipinski definition) is 2. The molecule has 4 aromatic rings. The van der Waals surface area contributed by atoms with Crippen molar-refractivity contribution < 1.29 is 4.39 Å². The predicted octanol–water partition coefficient (Wildman–Crippen LogP) is 3.90. The number of halogens is 1. The Balaban J connectivity index is 1.40. The molecule has 0 atom stereocenters. The van der Waals surface area contributed by atoms with Gasteiger partial charge in [-0.05, 0) is 60.0 Å². The second kappa shape index (κ2) is 6.73. The van der Waals surface area contributed by atoms with Gasteiger partial charge in [0.15, 0.2) is 5.82 Å². The number of nitrogens with two attached hydrogens (primary N) is 1. The van der Waals surface area contributed by atoms with Crippen LogP contribution in [0.4, 0.5) is 10.1 Å². The van der Waals surface area contributed by atoms with Crippen LogP contribution >= 0.6 is 0 Å². The number of nitrogens with zero attached hydrogens (tertiary/aromatic N) is 3. The zero-order valence-electron chi connectivity index (χ0n) is 15.3. The summed E-state index contributed by atoms with van der Waals surface area (Å²) in [5, 5.41) is 0.941. The van der Waals surface area contributed by atoms with E-state index in [0.29, 0.717) is 0 Å². The summed E-state index contributed by atoms with van der Waals surface area (Å²) in [7, 11) is 0. The van der Waals surface area contributed by atoms with Crippen LogP contribution in [-0.4, -0.2) is 26.4 Å². The fourth-order valence-electron chi connectivity index (χ4n) is 3.79. The highest BCUT2D eigenvalue weighted by Crippen LogP contribution is 2.25. The molecule has 0 aliphatic carbocycles. The summed E-state index contributed by atoms with van der Waals surface area (Å²) in [6.45, 7) is 2.44. The van der Waals surface area contributed by atoms with Crippen molar-refractivity contribution in [1.82, 2.24) is 19.9 Å². The zero-order chi connectivity index (χ0) is 19.1. The molecule has 5 rings (SSSR count). The number of fused-ring (bicyclic) bond motifs is 2.